The Morgan fingerprint density at radius 1 is 1.00 bits per heavy atom. The van der Waals surface area contributed by atoms with Crippen LogP contribution in [0, 0.1) is 20.8 Å². The van der Waals surface area contributed by atoms with Crippen molar-refractivity contribution >= 4 is 21.4 Å². The Labute approximate surface area is 159 Å². The molecule has 0 unspecified atom stereocenters. The number of halogens is 1. The number of aryl methyl sites for hydroxylation is 3. The second-order valence-electron chi connectivity index (χ2n) is 6.56. The number of hydrogen-bond donors (Lipinski definition) is 0. The van der Waals surface area contributed by atoms with Gasteiger partial charge in [0.15, 0.2) is 9.84 Å². The lowest BCUT2D eigenvalue weighted by molar-refractivity contribution is 0.594. The summed E-state index contributed by atoms with van der Waals surface area (Å²) >= 11 is 6.47. The number of sulfone groups is 1. The Hall–Kier alpha value is -2.11. The van der Waals surface area contributed by atoms with Gasteiger partial charge in [-0.1, -0.05) is 53.6 Å². The van der Waals surface area contributed by atoms with Crippen LogP contribution in [0.5, 0.6) is 0 Å². The maximum Gasteiger partial charge on any atom is 0.158 e. The summed E-state index contributed by atoms with van der Waals surface area (Å²) in [6, 6.07) is 15.3. The molecule has 26 heavy (non-hydrogen) atoms. The maximum atomic E-state index is 12.8. The largest absolute Gasteiger partial charge is 0.228 e. The van der Waals surface area contributed by atoms with Gasteiger partial charge in [-0.15, -0.1) is 0 Å². The smallest absolute Gasteiger partial charge is 0.158 e. The highest BCUT2D eigenvalue weighted by Gasteiger charge is 2.22. The highest BCUT2D eigenvalue weighted by Crippen LogP contribution is 2.26. The van der Waals surface area contributed by atoms with Gasteiger partial charge in [0, 0.05) is 5.56 Å². The molecule has 0 amide bonds. The average Bonchev–Trinajstić information content (AvgIpc) is 2.86. The molecule has 0 aliphatic rings. The van der Waals surface area contributed by atoms with Gasteiger partial charge in [-0.2, -0.15) is 5.10 Å². The van der Waals surface area contributed by atoms with Crippen molar-refractivity contribution in [1.29, 1.82) is 0 Å². The van der Waals surface area contributed by atoms with E-state index in [9.17, 15) is 8.42 Å². The number of rotatable bonds is 5. The lowest BCUT2D eigenvalue weighted by Crippen LogP contribution is -2.09. The first-order chi connectivity index (χ1) is 12.3. The zero-order valence-electron chi connectivity index (χ0n) is 15.0. The number of benzene rings is 2. The van der Waals surface area contributed by atoms with E-state index < -0.39 is 9.84 Å². The van der Waals surface area contributed by atoms with Crippen LogP contribution in [0.3, 0.4) is 0 Å². The third-order valence-corrected chi connectivity index (χ3v) is 6.23. The Morgan fingerprint density at radius 2 is 1.69 bits per heavy atom. The summed E-state index contributed by atoms with van der Waals surface area (Å²) < 4.78 is 27.2. The summed E-state index contributed by atoms with van der Waals surface area (Å²) in [5, 5.41) is 4.77. The van der Waals surface area contributed by atoms with E-state index in [0.29, 0.717) is 16.4 Å². The molecular weight excluding hydrogens is 368 g/mol. The lowest BCUT2D eigenvalue weighted by atomic mass is 10.1. The zero-order chi connectivity index (χ0) is 18.9. The number of aromatic nitrogens is 2. The normalized spacial score (nSPS) is 11.7. The molecule has 0 bridgehead atoms. The molecule has 0 saturated heterocycles. The van der Waals surface area contributed by atoms with Gasteiger partial charge in [0.25, 0.3) is 0 Å². The summed E-state index contributed by atoms with van der Waals surface area (Å²) in [6.45, 7) is 5.67. The molecule has 2 aromatic carbocycles. The number of para-hydroxylation sites is 1. The van der Waals surface area contributed by atoms with Gasteiger partial charge in [-0.3, -0.25) is 0 Å². The molecule has 0 N–H and O–H groups in total. The van der Waals surface area contributed by atoms with E-state index in [0.717, 1.165) is 22.4 Å². The van der Waals surface area contributed by atoms with Crippen molar-refractivity contribution < 1.29 is 8.42 Å². The summed E-state index contributed by atoms with van der Waals surface area (Å²) in [5.74, 6) is -0.134. The van der Waals surface area contributed by atoms with Crippen LogP contribution in [0.15, 0.2) is 48.5 Å². The van der Waals surface area contributed by atoms with E-state index in [1.807, 2.05) is 62.4 Å². The number of nitrogens with zero attached hydrogens (tertiary/aromatic N) is 2. The predicted molar refractivity (Wildman–Crippen MR) is 106 cm³/mol. The monoisotopic (exact) mass is 388 g/mol. The molecule has 6 heteroatoms. The van der Waals surface area contributed by atoms with Gasteiger partial charge in [0.1, 0.15) is 5.15 Å². The average molecular weight is 389 g/mol. The van der Waals surface area contributed by atoms with Gasteiger partial charge in [0.05, 0.1) is 22.9 Å². The first-order valence-corrected chi connectivity index (χ1v) is 10.5. The Balaban J connectivity index is 1.91. The Morgan fingerprint density at radius 3 is 2.38 bits per heavy atom. The highest BCUT2D eigenvalue weighted by atomic mass is 35.5. The predicted octanol–water partition coefficient (Wildman–Crippen LogP) is 4.57. The molecule has 0 radical (unpaired) electrons. The van der Waals surface area contributed by atoms with E-state index >= 15 is 0 Å². The van der Waals surface area contributed by atoms with E-state index in [-0.39, 0.29) is 11.5 Å². The van der Waals surface area contributed by atoms with Crippen LogP contribution in [0.2, 0.25) is 5.15 Å². The fraction of sp³-hybridized carbons (Fsp3) is 0.250. The lowest BCUT2D eigenvalue weighted by Gasteiger charge is -2.09. The minimum atomic E-state index is -3.38. The molecule has 0 aliphatic carbocycles. The minimum Gasteiger partial charge on any atom is -0.228 e. The topological polar surface area (TPSA) is 52.0 Å². The Bertz CT molecular complexity index is 1040. The second kappa shape index (κ2) is 7.25. The molecule has 1 aromatic heterocycles. The quantitative estimate of drug-likeness (QED) is 0.643. The summed E-state index contributed by atoms with van der Waals surface area (Å²) in [7, 11) is -3.38. The maximum absolute atomic E-state index is 12.8. The molecule has 136 valence electrons. The van der Waals surface area contributed by atoms with Crippen molar-refractivity contribution in [3.63, 3.8) is 0 Å². The molecule has 0 saturated carbocycles. The van der Waals surface area contributed by atoms with Crippen molar-refractivity contribution in [1.82, 2.24) is 9.78 Å². The van der Waals surface area contributed by atoms with Gasteiger partial charge in [0.2, 0.25) is 0 Å². The van der Waals surface area contributed by atoms with Gasteiger partial charge >= 0.3 is 0 Å². The summed E-state index contributed by atoms with van der Waals surface area (Å²) in [4.78, 5) is 0. The molecule has 1 heterocycles. The van der Waals surface area contributed by atoms with Crippen LogP contribution < -0.4 is 0 Å². The molecule has 4 nitrogen and oxygen atoms in total. The molecule has 3 rings (SSSR count). The number of hydrogen-bond acceptors (Lipinski definition) is 3. The fourth-order valence-corrected chi connectivity index (χ4v) is 4.99. The van der Waals surface area contributed by atoms with E-state index in [4.69, 9.17) is 11.6 Å². The van der Waals surface area contributed by atoms with E-state index in [2.05, 4.69) is 5.10 Å². The first-order valence-electron chi connectivity index (χ1n) is 8.33. The van der Waals surface area contributed by atoms with Crippen molar-refractivity contribution in [3.05, 3.63) is 81.6 Å². The van der Waals surface area contributed by atoms with Crippen LogP contribution in [0.4, 0.5) is 0 Å². The Kier molecular flexibility index (Phi) is 5.21. The van der Waals surface area contributed by atoms with Crippen molar-refractivity contribution in [2.24, 2.45) is 0 Å². The standard InChI is InChI=1S/C20H21ClN2O2S/c1-14-9-10-15(2)17(11-14)12-26(24,25)13-19-16(3)22-23(20(19)21)18-7-5-4-6-8-18/h4-11H,12-13H2,1-3H3. The first kappa shape index (κ1) is 18.7. The molecular formula is C20H21ClN2O2S. The summed E-state index contributed by atoms with van der Waals surface area (Å²) in [6.07, 6.45) is 0. The molecule has 0 aliphatic heterocycles. The van der Waals surface area contributed by atoms with Crippen molar-refractivity contribution in [2.45, 2.75) is 32.3 Å². The van der Waals surface area contributed by atoms with Crippen molar-refractivity contribution in [2.75, 3.05) is 0 Å². The van der Waals surface area contributed by atoms with Crippen LogP contribution in [-0.2, 0) is 21.3 Å². The highest BCUT2D eigenvalue weighted by molar-refractivity contribution is 7.89. The molecule has 3 aromatic rings. The zero-order valence-corrected chi connectivity index (χ0v) is 16.6. The van der Waals surface area contributed by atoms with E-state index in [1.54, 1.807) is 11.6 Å². The molecule has 0 spiro atoms. The SMILES string of the molecule is Cc1ccc(C)c(CS(=O)(=O)Cc2c(C)nn(-c3ccccc3)c2Cl)c1. The minimum absolute atomic E-state index is 0.00714. The second-order valence-corrected chi connectivity index (χ2v) is 8.99. The van der Waals surface area contributed by atoms with Gasteiger partial charge in [-0.05, 0) is 44.0 Å². The molecule has 0 atom stereocenters. The van der Waals surface area contributed by atoms with Crippen molar-refractivity contribution in [3.8, 4) is 5.69 Å². The van der Waals surface area contributed by atoms with Gasteiger partial charge in [-0.25, -0.2) is 13.1 Å². The molecule has 0 fully saturated rings. The van der Waals surface area contributed by atoms with E-state index in [1.165, 1.54) is 0 Å². The van der Waals surface area contributed by atoms with Crippen LogP contribution in [0.25, 0.3) is 5.69 Å². The fourth-order valence-electron chi connectivity index (χ4n) is 2.90. The third-order valence-electron chi connectivity index (χ3n) is 4.37. The third kappa shape index (κ3) is 4.00. The van der Waals surface area contributed by atoms with Crippen LogP contribution in [0.1, 0.15) is 27.9 Å². The van der Waals surface area contributed by atoms with Crippen LogP contribution >= 0.6 is 11.6 Å². The summed E-state index contributed by atoms with van der Waals surface area (Å²) in [5.41, 5.74) is 4.84. The van der Waals surface area contributed by atoms with Crippen LogP contribution in [-0.4, -0.2) is 18.2 Å². The van der Waals surface area contributed by atoms with Gasteiger partial charge < -0.3 is 0 Å².